The zero-order chi connectivity index (χ0) is 17.2. The third kappa shape index (κ3) is 6.38. The Morgan fingerprint density at radius 3 is 2.38 bits per heavy atom. The second-order valence-electron chi connectivity index (χ2n) is 5.46. The Morgan fingerprint density at radius 2 is 1.71 bits per heavy atom. The second-order valence-corrected chi connectivity index (χ2v) is 5.85. The van der Waals surface area contributed by atoms with E-state index in [1.807, 2.05) is 72.6 Å². The SMILES string of the molecule is CN(Cc1ccccc1)C(=S)NC(=O)CCCOc1ccccc1. The molecule has 0 aliphatic carbocycles. The lowest BCUT2D eigenvalue weighted by Gasteiger charge is -2.20. The van der Waals surface area contributed by atoms with E-state index < -0.39 is 0 Å². The Bertz CT molecular complexity index is 647. The number of benzene rings is 2. The molecule has 0 radical (unpaired) electrons. The quantitative estimate of drug-likeness (QED) is 0.619. The summed E-state index contributed by atoms with van der Waals surface area (Å²) in [5.41, 5.74) is 1.15. The fraction of sp³-hybridized carbons (Fsp3) is 0.263. The van der Waals surface area contributed by atoms with Gasteiger partial charge in [-0.3, -0.25) is 4.79 Å². The molecule has 1 amide bonds. The van der Waals surface area contributed by atoms with Gasteiger partial charge in [-0.1, -0.05) is 48.5 Å². The molecular formula is C19H22N2O2S. The van der Waals surface area contributed by atoms with Crippen molar-refractivity contribution in [2.24, 2.45) is 0 Å². The smallest absolute Gasteiger partial charge is 0.226 e. The van der Waals surface area contributed by atoms with Gasteiger partial charge < -0.3 is 15.0 Å². The van der Waals surface area contributed by atoms with Crippen molar-refractivity contribution in [3.63, 3.8) is 0 Å². The number of para-hydroxylation sites is 1. The summed E-state index contributed by atoms with van der Waals surface area (Å²) in [6.45, 7) is 1.17. The molecule has 0 unspecified atom stereocenters. The molecule has 0 atom stereocenters. The van der Waals surface area contributed by atoms with Crippen LogP contribution in [0.15, 0.2) is 60.7 Å². The van der Waals surface area contributed by atoms with Crippen molar-refractivity contribution < 1.29 is 9.53 Å². The predicted octanol–water partition coefficient (Wildman–Crippen LogP) is 3.38. The van der Waals surface area contributed by atoms with Crippen molar-refractivity contribution in [3.05, 3.63) is 66.2 Å². The van der Waals surface area contributed by atoms with Crippen molar-refractivity contribution >= 4 is 23.2 Å². The number of thiocarbonyl (C=S) groups is 1. The average molecular weight is 342 g/mol. The summed E-state index contributed by atoms with van der Waals surface area (Å²) in [7, 11) is 1.87. The first-order valence-corrected chi connectivity index (χ1v) is 8.32. The van der Waals surface area contributed by atoms with Crippen LogP contribution in [0, 0.1) is 0 Å². The minimum atomic E-state index is -0.0865. The van der Waals surface area contributed by atoms with Gasteiger partial charge in [0.05, 0.1) is 6.61 Å². The van der Waals surface area contributed by atoms with Crippen LogP contribution < -0.4 is 10.1 Å². The maximum Gasteiger partial charge on any atom is 0.226 e. The number of nitrogens with one attached hydrogen (secondary N) is 1. The molecular weight excluding hydrogens is 320 g/mol. The Balaban J connectivity index is 1.65. The van der Waals surface area contributed by atoms with Crippen LogP contribution in [0.1, 0.15) is 18.4 Å². The Labute approximate surface area is 148 Å². The first kappa shape index (κ1) is 17.9. The molecule has 4 nitrogen and oxygen atoms in total. The van der Waals surface area contributed by atoms with Crippen molar-refractivity contribution in [2.75, 3.05) is 13.7 Å². The van der Waals surface area contributed by atoms with E-state index in [0.29, 0.717) is 31.1 Å². The molecule has 0 saturated carbocycles. The van der Waals surface area contributed by atoms with Crippen molar-refractivity contribution in [3.8, 4) is 5.75 Å². The molecule has 0 aliphatic rings. The van der Waals surface area contributed by atoms with Crippen LogP contribution in [0.4, 0.5) is 0 Å². The lowest BCUT2D eigenvalue weighted by atomic mass is 10.2. The Hall–Kier alpha value is -2.40. The van der Waals surface area contributed by atoms with Gasteiger partial charge in [0.25, 0.3) is 0 Å². The van der Waals surface area contributed by atoms with Crippen molar-refractivity contribution in [2.45, 2.75) is 19.4 Å². The van der Waals surface area contributed by atoms with Crippen LogP contribution in [0.2, 0.25) is 0 Å². The van der Waals surface area contributed by atoms with Gasteiger partial charge in [0, 0.05) is 20.0 Å². The van der Waals surface area contributed by atoms with E-state index >= 15 is 0 Å². The van der Waals surface area contributed by atoms with Crippen LogP contribution in [0.25, 0.3) is 0 Å². The molecule has 0 aromatic heterocycles. The highest BCUT2D eigenvalue weighted by Gasteiger charge is 2.09. The highest BCUT2D eigenvalue weighted by molar-refractivity contribution is 7.80. The normalized spacial score (nSPS) is 10.0. The number of ether oxygens (including phenoxy) is 1. The lowest BCUT2D eigenvalue weighted by molar-refractivity contribution is -0.120. The molecule has 126 valence electrons. The van der Waals surface area contributed by atoms with Gasteiger partial charge in [-0.2, -0.15) is 0 Å². The Morgan fingerprint density at radius 1 is 1.08 bits per heavy atom. The molecule has 24 heavy (non-hydrogen) atoms. The van der Waals surface area contributed by atoms with Gasteiger partial charge in [0.15, 0.2) is 5.11 Å². The molecule has 2 aromatic rings. The van der Waals surface area contributed by atoms with Crippen LogP contribution >= 0.6 is 12.2 Å². The fourth-order valence-electron chi connectivity index (χ4n) is 2.15. The first-order chi connectivity index (χ1) is 11.6. The third-order valence-electron chi connectivity index (χ3n) is 3.42. The van der Waals surface area contributed by atoms with E-state index in [9.17, 15) is 4.79 Å². The standard InChI is InChI=1S/C19H22N2O2S/c1-21(15-16-9-4-2-5-10-16)19(24)20-18(22)13-8-14-23-17-11-6-3-7-12-17/h2-7,9-12H,8,13-15H2,1H3,(H,20,22,24). The summed E-state index contributed by atoms with van der Waals surface area (Å²) in [4.78, 5) is 13.8. The predicted molar refractivity (Wildman–Crippen MR) is 99.8 cm³/mol. The average Bonchev–Trinajstić information content (AvgIpc) is 2.60. The lowest BCUT2D eigenvalue weighted by Crippen LogP contribution is -2.40. The minimum absolute atomic E-state index is 0.0865. The topological polar surface area (TPSA) is 41.6 Å². The maximum absolute atomic E-state index is 11.9. The third-order valence-corrected chi connectivity index (χ3v) is 3.83. The van der Waals surface area contributed by atoms with Crippen LogP contribution in [-0.4, -0.2) is 29.6 Å². The van der Waals surface area contributed by atoms with Crippen LogP contribution in [-0.2, 0) is 11.3 Å². The van der Waals surface area contributed by atoms with Crippen LogP contribution in [0.3, 0.4) is 0 Å². The van der Waals surface area contributed by atoms with E-state index in [0.717, 1.165) is 11.3 Å². The van der Waals surface area contributed by atoms with Crippen molar-refractivity contribution in [1.82, 2.24) is 10.2 Å². The molecule has 0 bridgehead atoms. The summed E-state index contributed by atoms with van der Waals surface area (Å²) in [6, 6.07) is 19.6. The Kier molecular flexibility index (Phi) is 7.23. The van der Waals surface area contributed by atoms with Crippen LogP contribution in [0.5, 0.6) is 5.75 Å². The van der Waals surface area contributed by atoms with E-state index in [1.165, 1.54) is 0 Å². The van der Waals surface area contributed by atoms with Gasteiger partial charge >= 0.3 is 0 Å². The van der Waals surface area contributed by atoms with Gasteiger partial charge in [-0.05, 0) is 36.3 Å². The number of hydrogen-bond donors (Lipinski definition) is 1. The second kappa shape index (κ2) is 9.67. The summed E-state index contributed by atoms with van der Waals surface area (Å²) >= 11 is 5.27. The zero-order valence-electron chi connectivity index (χ0n) is 13.8. The summed E-state index contributed by atoms with van der Waals surface area (Å²) in [6.07, 6.45) is 1.03. The molecule has 2 rings (SSSR count). The molecule has 0 spiro atoms. The van der Waals surface area contributed by atoms with Gasteiger partial charge in [-0.25, -0.2) is 0 Å². The van der Waals surface area contributed by atoms with Gasteiger partial charge in [0.2, 0.25) is 5.91 Å². The molecule has 0 aliphatic heterocycles. The molecule has 2 aromatic carbocycles. The number of nitrogens with zero attached hydrogens (tertiary/aromatic N) is 1. The number of rotatable bonds is 7. The molecule has 0 fully saturated rings. The monoisotopic (exact) mass is 342 g/mol. The zero-order valence-corrected chi connectivity index (χ0v) is 14.6. The maximum atomic E-state index is 11.9. The number of hydrogen-bond acceptors (Lipinski definition) is 3. The van der Waals surface area contributed by atoms with Gasteiger partial charge in [-0.15, -0.1) is 0 Å². The number of carbonyl (C=O) groups is 1. The highest BCUT2D eigenvalue weighted by atomic mass is 32.1. The van der Waals surface area contributed by atoms with Crippen molar-refractivity contribution in [1.29, 1.82) is 0 Å². The number of carbonyl (C=O) groups excluding carboxylic acids is 1. The van der Waals surface area contributed by atoms with E-state index in [-0.39, 0.29) is 5.91 Å². The van der Waals surface area contributed by atoms with Gasteiger partial charge in [0.1, 0.15) is 5.75 Å². The molecule has 0 saturated heterocycles. The highest BCUT2D eigenvalue weighted by Crippen LogP contribution is 2.09. The molecule has 5 heteroatoms. The van der Waals surface area contributed by atoms with E-state index in [2.05, 4.69) is 5.32 Å². The van der Waals surface area contributed by atoms with E-state index in [4.69, 9.17) is 17.0 Å². The minimum Gasteiger partial charge on any atom is -0.494 e. The molecule has 0 heterocycles. The number of amides is 1. The fourth-order valence-corrected chi connectivity index (χ4v) is 2.32. The first-order valence-electron chi connectivity index (χ1n) is 7.92. The van der Waals surface area contributed by atoms with E-state index in [1.54, 1.807) is 0 Å². The summed E-state index contributed by atoms with van der Waals surface area (Å²) in [5.74, 6) is 0.729. The summed E-state index contributed by atoms with van der Waals surface area (Å²) < 4.78 is 5.56. The largest absolute Gasteiger partial charge is 0.494 e. The molecule has 1 N–H and O–H groups in total. The summed E-state index contributed by atoms with van der Waals surface area (Å²) in [5, 5.41) is 3.20.